The summed E-state index contributed by atoms with van der Waals surface area (Å²) in [6, 6.07) is 15.8. The highest BCUT2D eigenvalue weighted by Gasteiger charge is 2.18. The summed E-state index contributed by atoms with van der Waals surface area (Å²) >= 11 is 0. The van der Waals surface area contributed by atoms with Gasteiger partial charge in [-0.3, -0.25) is 9.48 Å². The van der Waals surface area contributed by atoms with Crippen LogP contribution >= 0.6 is 0 Å². The summed E-state index contributed by atoms with van der Waals surface area (Å²) in [7, 11) is 1.78. The van der Waals surface area contributed by atoms with Gasteiger partial charge in [0.05, 0.1) is 11.4 Å². The minimum Gasteiger partial charge on any atom is -0.508 e. The van der Waals surface area contributed by atoms with E-state index in [4.69, 9.17) is 0 Å². The molecule has 0 aliphatic rings. The number of para-hydroxylation sites is 1. The largest absolute Gasteiger partial charge is 0.508 e. The maximum absolute atomic E-state index is 12.8. The van der Waals surface area contributed by atoms with E-state index in [1.807, 2.05) is 49.4 Å². The molecule has 7 nitrogen and oxygen atoms in total. The maximum atomic E-state index is 12.8. The SMILES string of the molecule is Cc1c(NC(=O)NC(C)CCc2ccc(O)cc2)c(=O)n(-c2ccccc2)n1C. The van der Waals surface area contributed by atoms with Gasteiger partial charge in [0.15, 0.2) is 0 Å². The van der Waals surface area contributed by atoms with Gasteiger partial charge in [-0.25, -0.2) is 9.48 Å². The lowest BCUT2D eigenvalue weighted by Crippen LogP contribution is -2.37. The van der Waals surface area contributed by atoms with E-state index < -0.39 is 6.03 Å². The molecule has 0 aliphatic heterocycles. The van der Waals surface area contributed by atoms with Crippen LogP contribution in [0.5, 0.6) is 5.75 Å². The second-order valence-corrected chi connectivity index (χ2v) is 7.14. The first-order chi connectivity index (χ1) is 13.9. The van der Waals surface area contributed by atoms with Gasteiger partial charge in [0.1, 0.15) is 11.4 Å². The van der Waals surface area contributed by atoms with Crippen molar-refractivity contribution in [3.8, 4) is 11.4 Å². The fourth-order valence-corrected chi connectivity index (χ4v) is 3.20. The summed E-state index contributed by atoms with van der Waals surface area (Å²) in [5, 5.41) is 14.9. The number of hydrogen-bond donors (Lipinski definition) is 3. The second-order valence-electron chi connectivity index (χ2n) is 7.14. The Morgan fingerprint density at radius 1 is 1.10 bits per heavy atom. The van der Waals surface area contributed by atoms with Gasteiger partial charge in [-0.05, 0) is 56.5 Å². The molecule has 0 radical (unpaired) electrons. The van der Waals surface area contributed by atoms with Crippen LogP contribution in [0.15, 0.2) is 59.4 Å². The van der Waals surface area contributed by atoms with Crippen molar-refractivity contribution in [1.82, 2.24) is 14.7 Å². The lowest BCUT2D eigenvalue weighted by atomic mass is 10.1. The Bertz CT molecular complexity index is 1040. The zero-order valence-corrected chi connectivity index (χ0v) is 16.8. The van der Waals surface area contributed by atoms with Gasteiger partial charge < -0.3 is 15.7 Å². The number of phenols is 1. The molecule has 2 amide bonds. The van der Waals surface area contributed by atoms with Crippen molar-refractivity contribution in [2.45, 2.75) is 32.7 Å². The van der Waals surface area contributed by atoms with E-state index in [9.17, 15) is 14.7 Å². The summed E-state index contributed by atoms with van der Waals surface area (Å²) in [6.45, 7) is 3.71. The first kappa shape index (κ1) is 20.3. The molecule has 2 aromatic carbocycles. The molecule has 1 atom stereocenters. The van der Waals surface area contributed by atoms with Gasteiger partial charge >= 0.3 is 6.03 Å². The Balaban J connectivity index is 1.64. The third kappa shape index (κ3) is 4.68. The highest BCUT2D eigenvalue weighted by atomic mass is 16.3. The number of phenolic OH excluding ortho intramolecular Hbond substituents is 1. The number of aryl methyl sites for hydroxylation is 1. The Kier molecular flexibility index (Phi) is 6.07. The standard InChI is InChI=1S/C22H26N4O3/c1-15(9-10-17-11-13-19(27)14-12-17)23-22(29)24-20-16(2)25(3)26(21(20)28)18-7-5-4-6-8-18/h4-8,11-15,27H,9-10H2,1-3H3,(H2,23,24,29). The molecule has 3 aromatic rings. The molecule has 1 heterocycles. The fourth-order valence-electron chi connectivity index (χ4n) is 3.20. The van der Waals surface area contributed by atoms with Gasteiger partial charge in [-0.1, -0.05) is 30.3 Å². The Hall–Kier alpha value is -3.48. The molecule has 3 N–H and O–H groups in total. The normalized spacial score (nSPS) is 11.8. The van der Waals surface area contributed by atoms with Crippen molar-refractivity contribution in [3.05, 3.63) is 76.2 Å². The minimum atomic E-state index is -0.408. The monoisotopic (exact) mass is 394 g/mol. The molecule has 0 saturated heterocycles. The van der Waals surface area contributed by atoms with E-state index in [1.54, 1.807) is 30.8 Å². The first-order valence-corrected chi connectivity index (χ1v) is 9.56. The van der Waals surface area contributed by atoms with E-state index in [1.165, 1.54) is 4.68 Å². The quantitative estimate of drug-likeness (QED) is 0.599. The molecular formula is C22H26N4O3. The van der Waals surface area contributed by atoms with Crippen molar-refractivity contribution in [2.75, 3.05) is 5.32 Å². The zero-order chi connectivity index (χ0) is 21.0. The molecule has 0 bridgehead atoms. The van der Waals surface area contributed by atoms with Crippen molar-refractivity contribution >= 4 is 11.7 Å². The summed E-state index contributed by atoms with van der Waals surface area (Å²) in [4.78, 5) is 25.3. The van der Waals surface area contributed by atoms with Gasteiger partial charge in [0.2, 0.25) is 0 Å². The number of urea groups is 1. The molecule has 0 saturated carbocycles. The molecule has 7 heteroatoms. The number of benzene rings is 2. The number of nitrogens with one attached hydrogen (secondary N) is 2. The Morgan fingerprint density at radius 2 is 1.76 bits per heavy atom. The lowest BCUT2D eigenvalue weighted by Gasteiger charge is -2.14. The average molecular weight is 394 g/mol. The van der Waals surface area contributed by atoms with Crippen LogP contribution in [-0.2, 0) is 13.5 Å². The Morgan fingerprint density at radius 3 is 2.41 bits per heavy atom. The van der Waals surface area contributed by atoms with E-state index >= 15 is 0 Å². The molecule has 0 spiro atoms. The smallest absolute Gasteiger partial charge is 0.319 e. The van der Waals surface area contributed by atoms with Crippen molar-refractivity contribution in [3.63, 3.8) is 0 Å². The van der Waals surface area contributed by atoms with Crippen LogP contribution in [0.25, 0.3) is 5.69 Å². The molecule has 0 aliphatic carbocycles. The number of anilines is 1. The van der Waals surface area contributed by atoms with Gasteiger partial charge in [-0.2, -0.15) is 0 Å². The number of aromatic nitrogens is 2. The molecule has 152 valence electrons. The lowest BCUT2D eigenvalue weighted by molar-refractivity contribution is 0.248. The number of amides is 2. The summed E-state index contributed by atoms with van der Waals surface area (Å²) in [5.41, 5.74) is 2.48. The highest BCUT2D eigenvalue weighted by molar-refractivity contribution is 5.89. The van der Waals surface area contributed by atoms with Crippen LogP contribution in [-0.4, -0.2) is 26.5 Å². The summed E-state index contributed by atoms with van der Waals surface area (Å²) in [5.74, 6) is 0.235. The van der Waals surface area contributed by atoms with Gasteiger partial charge in [0, 0.05) is 13.1 Å². The number of nitrogens with zero attached hydrogens (tertiary/aromatic N) is 2. The molecular weight excluding hydrogens is 368 g/mol. The summed E-state index contributed by atoms with van der Waals surface area (Å²) < 4.78 is 3.25. The van der Waals surface area contributed by atoms with Crippen LogP contribution < -0.4 is 16.2 Å². The zero-order valence-electron chi connectivity index (χ0n) is 16.8. The number of rotatable bonds is 6. The van der Waals surface area contributed by atoms with Gasteiger partial charge in [-0.15, -0.1) is 0 Å². The van der Waals surface area contributed by atoms with E-state index in [0.29, 0.717) is 5.69 Å². The van der Waals surface area contributed by atoms with Crippen LogP contribution in [0.1, 0.15) is 24.6 Å². The van der Waals surface area contributed by atoms with Crippen LogP contribution in [0.4, 0.5) is 10.5 Å². The van der Waals surface area contributed by atoms with E-state index in [-0.39, 0.29) is 23.0 Å². The Labute approximate surface area is 169 Å². The number of carbonyl (C=O) groups excluding carboxylic acids is 1. The predicted molar refractivity (Wildman–Crippen MR) is 114 cm³/mol. The minimum absolute atomic E-state index is 0.0795. The number of carbonyl (C=O) groups is 1. The van der Waals surface area contributed by atoms with Crippen molar-refractivity contribution in [2.24, 2.45) is 7.05 Å². The molecule has 1 unspecified atom stereocenters. The van der Waals surface area contributed by atoms with E-state index in [2.05, 4.69) is 10.6 Å². The number of hydrogen-bond acceptors (Lipinski definition) is 3. The van der Waals surface area contributed by atoms with E-state index in [0.717, 1.165) is 24.1 Å². The maximum Gasteiger partial charge on any atom is 0.319 e. The van der Waals surface area contributed by atoms with Crippen LogP contribution in [0, 0.1) is 6.92 Å². The second kappa shape index (κ2) is 8.68. The highest BCUT2D eigenvalue weighted by Crippen LogP contribution is 2.14. The molecule has 3 rings (SSSR count). The predicted octanol–water partition coefficient (Wildman–Crippen LogP) is 3.33. The third-order valence-electron chi connectivity index (χ3n) is 4.97. The van der Waals surface area contributed by atoms with Crippen LogP contribution in [0.3, 0.4) is 0 Å². The topological polar surface area (TPSA) is 88.3 Å². The molecule has 0 fully saturated rings. The average Bonchev–Trinajstić information content (AvgIpc) is 2.91. The summed E-state index contributed by atoms with van der Waals surface area (Å²) in [6.07, 6.45) is 1.51. The van der Waals surface area contributed by atoms with Crippen molar-refractivity contribution < 1.29 is 9.90 Å². The first-order valence-electron chi connectivity index (χ1n) is 9.56. The number of aromatic hydroxyl groups is 1. The molecule has 29 heavy (non-hydrogen) atoms. The third-order valence-corrected chi connectivity index (χ3v) is 4.97. The van der Waals surface area contributed by atoms with Crippen LogP contribution in [0.2, 0.25) is 0 Å². The van der Waals surface area contributed by atoms with Crippen molar-refractivity contribution in [1.29, 1.82) is 0 Å². The molecule has 1 aromatic heterocycles. The fraction of sp³-hybridized carbons (Fsp3) is 0.273. The van der Waals surface area contributed by atoms with Gasteiger partial charge in [0.25, 0.3) is 5.56 Å².